The van der Waals surface area contributed by atoms with Crippen molar-refractivity contribution in [2.24, 2.45) is 0 Å². The van der Waals surface area contributed by atoms with Crippen molar-refractivity contribution in [1.29, 1.82) is 0 Å². The van der Waals surface area contributed by atoms with Crippen LogP contribution in [-0.2, 0) is 16.2 Å². The molecule has 1 heterocycles. The number of anilines is 3. The Morgan fingerprint density at radius 2 is 0.851 bits per heavy atom. The number of unbranched alkanes of at least 4 members (excludes halogenated alkanes) is 2. The summed E-state index contributed by atoms with van der Waals surface area (Å²) < 4.78 is 2.56. The lowest BCUT2D eigenvalue weighted by atomic mass is 9.70. The van der Waals surface area contributed by atoms with Crippen molar-refractivity contribution < 1.29 is 0 Å². The third-order valence-corrected chi connectivity index (χ3v) is 14.7. The molecule has 0 atom stereocenters. The monoisotopic (exact) mass is 875 g/mol. The van der Waals surface area contributed by atoms with Gasteiger partial charge in [-0.3, -0.25) is 0 Å². The van der Waals surface area contributed by atoms with Gasteiger partial charge in [0.05, 0.1) is 11.0 Å². The highest BCUT2D eigenvalue weighted by atomic mass is 15.1. The molecule has 0 spiro atoms. The Balaban J connectivity index is 1.10. The minimum Gasteiger partial charge on any atom is -0.310 e. The summed E-state index contributed by atoms with van der Waals surface area (Å²) in [6.07, 6.45) is 6.91. The predicted octanol–water partition coefficient (Wildman–Crippen LogP) is 18.8. The first-order valence-electron chi connectivity index (χ1n) is 24.9. The molecule has 0 aliphatic heterocycles. The summed E-state index contributed by atoms with van der Waals surface area (Å²) in [6, 6.07) is 68.9. The van der Waals surface area contributed by atoms with Gasteiger partial charge in [0.25, 0.3) is 0 Å². The molecule has 0 amide bonds. The number of benzene rings is 8. The molecule has 0 bridgehead atoms. The van der Waals surface area contributed by atoms with Gasteiger partial charge in [0.15, 0.2) is 0 Å². The van der Waals surface area contributed by atoms with Crippen LogP contribution in [0, 0.1) is 0 Å². The van der Waals surface area contributed by atoms with Gasteiger partial charge in [0, 0.05) is 38.9 Å². The van der Waals surface area contributed by atoms with E-state index in [-0.39, 0.29) is 16.2 Å². The van der Waals surface area contributed by atoms with E-state index in [9.17, 15) is 0 Å². The number of fused-ring (bicyclic) bond motifs is 6. The molecule has 0 fully saturated rings. The molecule has 67 heavy (non-hydrogen) atoms. The molecule has 0 unspecified atom stereocenters. The number of nitrogens with zero attached hydrogens (tertiary/aromatic N) is 2. The molecule has 8 aromatic carbocycles. The van der Waals surface area contributed by atoms with E-state index in [1.54, 1.807) is 0 Å². The number of hydrogen-bond donors (Lipinski definition) is 0. The molecule has 336 valence electrons. The van der Waals surface area contributed by atoms with Gasteiger partial charge in [-0.2, -0.15) is 0 Å². The van der Waals surface area contributed by atoms with Crippen LogP contribution in [0.3, 0.4) is 0 Å². The Kier molecular flexibility index (Phi) is 11.6. The van der Waals surface area contributed by atoms with Crippen LogP contribution >= 0.6 is 0 Å². The van der Waals surface area contributed by atoms with Gasteiger partial charge in [-0.15, -0.1) is 0 Å². The van der Waals surface area contributed by atoms with Crippen LogP contribution in [-0.4, -0.2) is 4.57 Å². The fourth-order valence-corrected chi connectivity index (χ4v) is 10.9. The molecule has 2 heteroatoms. The lowest BCUT2D eigenvalue weighted by Crippen LogP contribution is -2.26. The van der Waals surface area contributed by atoms with E-state index in [0.717, 1.165) is 37.1 Å². The summed E-state index contributed by atoms with van der Waals surface area (Å²) in [6.45, 7) is 18.7. The van der Waals surface area contributed by atoms with E-state index in [0.29, 0.717) is 0 Å². The van der Waals surface area contributed by atoms with E-state index in [4.69, 9.17) is 0 Å². The summed E-state index contributed by atoms with van der Waals surface area (Å²) >= 11 is 0. The molecule has 0 N–H and O–H groups in total. The molecule has 1 aliphatic rings. The third-order valence-electron chi connectivity index (χ3n) is 14.7. The first-order chi connectivity index (χ1) is 32.4. The largest absolute Gasteiger partial charge is 0.310 e. The van der Waals surface area contributed by atoms with Crippen molar-refractivity contribution in [3.05, 3.63) is 204 Å². The van der Waals surface area contributed by atoms with Gasteiger partial charge >= 0.3 is 0 Å². The van der Waals surface area contributed by atoms with Gasteiger partial charge in [0.1, 0.15) is 0 Å². The van der Waals surface area contributed by atoms with Crippen molar-refractivity contribution >= 4 is 38.9 Å². The zero-order valence-corrected chi connectivity index (χ0v) is 41.0. The molecule has 10 rings (SSSR count). The van der Waals surface area contributed by atoms with Crippen LogP contribution in [0.15, 0.2) is 182 Å². The normalized spacial score (nSPS) is 13.3. The van der Waals surface area contributed by atoms with Crippen molar-refractivity contribution in [2.75, 3.05) is 4.90 Å². The second-order valence-electron chi connectivity index (χ2n) is 21.2. The van der Waals surface area contributed by atoms with Gasteiger partial charge in [-0.1, -0.05) is 190 Å². The van der Waals surface area contributed by atoms with Crippen LogP contribution in [0.4, 0.5) is 17.1 Å². The first kappa shape index (κ1) is 44.2. The number of hydrogen-bond acceptors (Lipinski definition) is 1. The van der Waals surface area contributed by atoms with E-state index in [1.165, 1.54) is 102 Å². The van der Waals surface area contributed by atoms with Gasteiger partial charge in [0.2, 0.25) is 0 Å². The third kappa shape index (κ3) is 8.09. The molecule has 9 aromatic rings. The van der Waals surface area contributed by atoms with Crippen molar-refractivity contribution in [3.63, 3.8) is 0 Å². The molecular formula is C65H66N2. The Morgan fingerprint density at radius 1 is 0.418 bits per heavy atom. The maximum atomic E-state index is 2.59. The average molecular weight is 875 g/mol. The van der Waals surface area contributed by atoms with E-state index in [1.807, 2.05) is 0 Å². The number of para-hydroxylation sites is 1. The lowest BCUT2D eigenvalue weighted by molar-refractivity contribution is 0.414. The number of aromatic nitrogens is 1. The fourth-order valence-electron chi connectivity index (χ4n) is 10.9. The quantitative estimate of drug-likeness (QED) is 0.119. The molecular weight excluding hydrogens is 809 g/mol. The van der Waals surface area contributed by atoms with Crippen LogP contribution in [0.2, 0.25) is 0 Å². The molecule has 0 radical (unpaired) electrons. The first-order valence-corrected chi connectivity index (χ1v) is 24.9. The highest BCUT2D eigenvalue weighted by molar-refractivity contribution is 6.10. The fraction of sp³-hybridized carbons (Fsp3) is 0.262. The Morgan fingerprint density at radius 3 is 1.36 bits per heavy atom. The Hall–Kier alpha value is -6.64. The van der Waals surface area contributed by atoms with Crippen LogP contribution in [0.5, 0.6) is 0 Å². The van der Waals surface area contributed by atoms with Crippen LogP contribution in [0.25, 0.3) is 60.9 Å². The second-order valence-corrected chi connectivity index (χ2v) is 21.2. The summed E-state index contributed by atoms with van der Waals surface area (Å²) in [5.74, 6) is 0. The summed E-state index contributed by atoms with van der Waals surface area (Å²) in [4.78, 5) is 2.46. The topological polar surface area (TPSA) is 8.17 Å². The molecule has 1 aliphatic carbocycles. The summed E-state index contributed by atoms with van der Waals surface area (Å²) in [5, 5.41) is 2.67. The van der Waals surface area contributed by atoms with Crippen molar-refractivity contribution in [3.8, 4) is 39.1 Å². The molecule has 0 saturated carbocycles. The van der Waals surface area contributed by atoms with Crippen LogP contribution < -0.4 is 4.90 Å². The second kappa shape index (κ2) is 17.5. The lowest BCUT2D eigenvalue weighted by Gasteiger charge is -2.34. The zero-order chi connectivity index (χ0) is 46.5. The van der Waals surface area contributed by atoms with Gasteiger partial charge < -0.3 is 9.47 Å². The van der Waals surface area contributed by atoms with Crippen molar-refractivity contribution in [1.82, 2.24) is 4.57 Å². The molecule has 2 nitrogen and oxygen atoms in total. The zero-order valence-electron chi connectivity index (χ0n) is 41.0. The van der Waals surface area contributed by atoms with Gasteiger partial charge in [-0.05, 0) is 152 Å². The summed E-state index contributed by atoms with van der Waals surface area (Å²) in [5.41, 5.74) is 20.6. The van der Waals surface area contributed by atoms with Gasteiger partial charge in [-0.25, -0.2) is 0 Å². The Bertz CT molecular complexity index is 3110. The smallest absolute Gasteiger partial charge is 0.0541 e. The summed E-state index contributed by atoms with van der Waals surface area (Å²) in [7, 11) is 0. The van der Waals surface area contributed by atoms with E-state index >= 15 is 0 Å². The number of rotatable bonds is 12. The minimum atomic E-state index is -0.113. The average Bonchev–Trinajstić information content (AvgIpc) is 3.81. The van der Waals surface area contributed by atoms with Crippen molar-refractivity contribution in [2.45, 2.75) is 110 Å². The maximum Gasteiger partial charge on any atom is 0.0541 e. The molecule has 0 saturated heterocycles. The standard InChI is InChI=1S/C65H66N2/c1-9-11-39-65(40-12-10-2)59-43-53(66(51-21-17-14-18-22-51)52-31-27-48(28-32-52)47-25-23-46(24-26-47)45-19-15-13-16-20-45)33-35-55(59)56-36-34-54(44-60(56)65)67-61-37-29-49(63(3,4)5)41-57(61)58-42-50(64(6,7)8)30-38-62(58)67/h13-38,41-44H,9-12,39-40H2,1-8H3. The van der Waals surface area contributed by atoms with E-state index < -0.39 is 0 Å². The van der Waals surface area contributed by atoms with E-state index in [2.05, 4.69) is 247 Å². The minimum absolute atomic E-state index is 0.0516. The molecule has 1 aromatic heterocycles. The Labute approximate surface area is 400 Å². The highest BCUT2D eigenvalue weighted by Crippen LogP contribution is 2.56. The highest BCUT2D eigenvalue weighted by Gasteiger charge is 2.43. The van der Waals surface area contributed by atoms with Crippen LogP contribution in [0.1, 0.15) is 116 Å². The maximum absolute atomic E-state index is 2.59. The SMILES string of the molecule is CCCCC1(CCCC)c2cc(N(c3ccccc3)c3ccc(-c4ccc(-c5ccccc5)cc4)cc3)ccc2-c2ccc(-n3c4ccc(C(C)(C)C)cc4c4cc(C(C)(C)C)ccc43)cc21. The predicted molar refractivity (Wildman–Crippen MR) is 289 cm³/mol.